The minimum atomic E-state index is 0.614. The Labute approximate surface area is 112 Å². The second kappa shape index (κ2) is 4.03. The van der Waals surface area contributed by atoms with Gasteiger partial charge in [-0.1, -0.05) is 18.2 Å². The van der Waals surface area contributed by atoms with Crippen LogP contribution in [0, 0.1) is 3.57 Å². The third-order valence-electron chi connectivity index (χ3n) is 2.55. The van der Waals surface area contributed by atoms with Crippen molar-refractivity contribution in [2.75, 3.05) is 5.73 Å². The number of nitrogen functional groups attached to an aromatic ring is 1. The number of para-hydroxylation sites is 1. The van der Waals surface area contributed by atoms with Crippen LogP contribution in [0.3, 0.4) is 0 Å². The number of nitrogens with zero attached hydrogens (tertiary/aromatic N) is 1. The lowest BCUT2D eigenvalue weighted by Gasteiger charge is -1.97. The van der Waals surface area contributed by atoms with Crippen molar-refractivity contribution in [3.8, 4) is 11.5 Å². The Bertz CT molecular complexity index is 691. The van der Waals surface area contributed by atoms with Crippen LogP contribution in [-0.4, -0.2) is 4.98 Å². The Kier molecular flexibility index (Phi) is 2.51. The molecule has 0 aliphatic heterocycles. The third kappa shape index (κ3) is 1.78. The summed E-state index contributed by atoms with van der Waals surface area (Å²) in [6.07, 6.45) is 0. The molecule has 2 aromatic carbocycles. The van der Waals surface area contributed by atoms with E-state index in [4.69, 9.17) is 10.2 Å². The summed E-state index contributed by atoms with van der Waals surface area (Å²) >= 11 is 2.27. The molecule has 2 N–H and O–H groups in total. The third-order valence-corrected chi connectivity index (χ3v) is 3.50. The topological polar surface area (TPSA) is 52.0 Å². The Morgan fingerprint density at radius 3 is 2.65 bits per heavy atom. The van der Waals surface area contributed by atoms with Crippen molar-refractivity contribution in [3.63, 3.8) is 0 Å². The van der Waals surface area contributed by atoms with Gasteiger partial charge in [0.15, 0.2) is 5.58 Å². The van der Waals surface area contributed by atoms with Gasteiger partial charge in [-0.25, -0.2) is 4.98 Å². The van der Waals surface area contributed by atoms with Crippen LogP contribution in [0.2, 0.25) is 0 Å². The zero-order valence-corrected chi connectivity index (χ0v) is 11.0. The minimum Gasteiger partial charge on any atom is -0.436 e. The second-order valence-corrected chi connectivity index (χ2v) is 4.86. The molecule has 0 atom stereocenters. The Morgan fingerprint density at radius 2 is 1.88 bits per heavy atom. The van der Waals surface area contributed by atoms with Crippen LogP contribution >= 0.6 is 22.6 Å². The van der Waals surface area contributed by atoms with E-state index in [0.29, 0.717) is 11.6 Å². The minimum absolute atomic E-state index is 0.614. The highest BCUT2D eigenvalue weighted by atomic mass is 127. The maximum absolute atomic E-state index is 5.86. The van der Waals surface area contributed by atoms with Crippen molar-refractivity contribution in [3.05, 3.63) is 46.0 Å². The van der Waals surface area contributed by atoms with Gasteiger partial charge in [-0.2, -0.15) is 0 Å². The summed E-state index contributed by atoms with van der Waals surface area (Å²) in [7, 11) is 0. The van der Waals surface area contributed by atoms with Crippen LogP contribution in [0.4, 0.5) is 5.69 Å². The summed E-state index contributed by atoms with van der Waals surface area (Å²) in [6.45, 7) is 0. The highest BCUT2D eigenvalue weighted by Gasteiger charge is 2.11. The standard InChI is InChI=1S/C13H9IN2O/c14-9-5-2-1-4-8(9)13-16-12-10(15)6-3-7-11(12)17-13/h1-7H,15H2. The second-order valence-electron chi connectivity index (χ2n) is 3.69. The molecule has 0 aliphatic carbocycles. The number of hydrogen-bond donors (Lipinski definition) is 1. The van der Waals surface area contributed by atoms with E-state index in [1.54, 1.807) is 0 Å². The molecule has 3 nitrogen and oxygen atoms in total. The van der Waals surface area contributed by atoms with E-state index in [0.717, 1.165) is 20.2 Å². The average molecular weight is 336 g/mol. The zero-order chi connectivity index (χ0) is 11.8. The monoisotopic (exact) mass is 336 g/mol. The summed E-state index contributed by atoms with van der Waals surface area (Å²) in [4.78, 5) is 4.45. The van der Waals surface area contributed by atoms with E-state index in [1.165, 1.54) is 0 Å². The number of anilines is 1. The SMILES string of the molecule is Nc1cccc2oc(-c3ccccc3I)nc12. The van der Waals surface area contributed by atoms with E-state index in [2.05, 4.69) is 27.6 Å². The van der Waals surface area contributed by atoms with Crippen LogP contribution in [0.5, 0.6) is 0 Å². The predicted octanol–water partition coefficient (Wildman–Crippen LogP) is 3.68. The average Bonchev–Trinajstić information content (AvgIpc) is 2.75. The molecule has 0 unspecified atom stereocenters. The molecule has 0 fully saturated rings. The van der Waals surface area contributed by atoms with Crippen LogP contribution < -0.4 is 5.73 Å². The maximum Gasteiger partial charge on any atom is 0.228 e. The van der Waals surface area contributed by atoms with Gasteiger partial charge in [-0.05, 0) is 46.9 Å². The van der Waals surface area contributed by atoms with Crippen molar-refractivity contribution >= 4 is 39.4 Å². The summed E-state index contributed by atoms with van der Waals surface area (Å²) < 4.78 is 6.83. The lowest BCUT2D eigenvalue weighted by Crippen LogP contribution is -1.85. The fourth-order valence-corrected chi connectivity index (χ4v) is 2.34. The summed E-state index contributed by atoms with van der Waals surface area (Å²) in [5.74, 6) is 0.614. The highest BCUT2D eigenvalue weighted by molar-refractivity contribution is 14.1. The molecule has 0 saturated heterocycles. The smallest absolute Gasteiger partial charge is 0.228 e. The molecule has 0 amide bonds. The number of aromatic nitrogens is 1. The Balaban J connectivity index is 2.26. The van der Waals surface area contributed by atoms with Crippen molar-refractivity contribution in [1.29, 1.82) is 0 Å². The fraction of sp³-hybridized carbons (Fsp3) is 0. The molecular formula is C13H9IN2O. The van der Waals surface area contributed by atoms with Gasteiger partial charge in [0.25, 0.3) is 0 Å². The van der Waals surface area contributed by atoms with Crippen LogP contribution in [0.1, 0.15) is 0 Å². The van der Waals surface area contributed by atoms with E-state index >= 15 is 0 Å². The first kappa shape index (κ1) is 10.6. The largest absolute Gasteiger partial charge is 0.436 e. The van der Waals surface area contributed by atoms with Gasteiger partial charge >= 0.3 is 0 Å². The molecule has 17 heavy (non-hydrogen) atoms. The van der Waals surface area contributed by atoms with Gasteiger partial charge in [0.2, 0.25) is 5.89 Å². The zero-order valence-electron chi connectivity index (χ0n) is 8.85. The lowest BCUT2D eigenvalue weighted by molar-refractivity contribution is 0.619. The number of oxazole rings is 1. The molecule has 84 valence electrons. The molecule has 1 heterocycles. The number of halogens is 1. The van der Waals surface area contributed by atoms with Crippen molar-refractivity contribution in [1.82, 2.24) is 4.98 Å². The van der Waals surface area contributed by atoms with Gasteiger partial charge in [0, 0.05) is 3.57 Å². The Hall–Kier alpha value is -1.56. The first-order valence-electron chi connectivity index (χ1n) is 5.15. The van der Waals surface area contributed by atoms with Crippen molar-refractivity contribution in [2.45, 2.75) is 0 Å². The van der Waals surface area contributed by atoms with Gasteiger partial charge < -0.3 is 10.2 Å². The van der Waals surface area contributed by atoms with Crippen LogP contribution in [0.15, 0.2) is 46.9 Å². The molecule has 0 spiro atoms. The molecule has 0 aliphatic rings. The molecular weight excluding hydrogens is 327 g/mol. The van der Waals surface area contributed by atoms with Crippen molar-refractivity contribution in [2.24, 2.45) is 0 Å². The first-order valence-corrected chi connectivity index (χ1v) is 6.23. The van der Waals surface area contributed by atoms with Crippen LogP contribution in [0.25, 0.3) is 22.6 Å². The first-order chi connectivity index (χ1) is 8.25. The van der Waals surface area contributed by atoms with E-state index in [-0.39, 0.29) is 0 Å². The fourth-order valence-electron chi connectivity index (χ4n) is 1.72. The lowest BCUT2D eigenvalue weighted by atomic mass is 10.2. The molecule has 0 saturated carbocycles. The summed E-state index contributed by atoms with van der Waals surface area (Å²) in [5.41, 5.74) is 8.94. The number of rotatable bonds is 1. The highest BCUT2D eigenvalue weighted by Crippen LogP contribution is 2.29. The summed E-state index contributed by atoms with van der Waals surface area (Å²) in [5, 5.41) is 0. The molecule has 0 bridgehead atoms. The van der Waals surface area contributed by atoms with Gasteiger partial charge in [-0.15, -0.1) is 0 Å². The molecule has 3 rings (SSSR count). The molecule has 4 heteroatoms. The van der Waals surface area contributed by atoms with Gasteiger partial charge in [0.05, 0.1) is 11.3 Å². The summed E-state index contributed by atoms with van der Waals surface area (Å²) in [6, 6.07) is 13.5. The van der Waals surface area contributed by atoms with E-state index in [9.17, 15) is 0 Å². The molecule has 1 aromatic heterocycles. The molecule has 3 aromatic rings. The molecule has 0 radical (unpaired) electrons. The Morgan fingerprint density at radius 1 is 1.06 bits per heavy atom. The van der Waals surface area contributed by atoms with Gasteiger partial charge in [0.1, 0.15) is 5.52 Å². The number of fused-ring (bicyclic) bond motifs is 1. The predicted molar refractivity (Wildman–Crippen MR) is 76.6 cm³/mol. The normalized spacial score (nSPS) is 10.9. The van der Waals surface area contributed by atoms with Gasteiger partial charge in [-0.3, -0.25) is 0 Å². The van der Waals surface area contributed by atoms with Crippen molar-refractivity contribution < 1.29 is 4.42 Å². The number of hydrogen-bond acceptors (Lipinski definition) is 3. The van der Waals surface area contributed by atoms with E-state index in [1.807, 2.05) is 42.5 Å². The van der Waals surface area contributed by atoms with E-state index < -0.39 is 0 Å². The van der Waals surface area contributed by atoms with Crippen LogP contribution in [-0.2, 0) is 0 Å². The number of benzene rings is 2. The maximum atomic E-state index is 5.86. The quantitative estimate of drug-likeness (QED) is 0.545. The number of nitrogens with two attached hydrogens (primary N) is 1.